The van der Waals surface area contributed by atoms with E-state index in [9.17, 15) is 50.9 Å². The Hall–Kier alpha value is -7.09. The predicted molar refractivity (Wildman–Crippen MR) is 432 cm³/mol. The maximum Gasteiger partial charge on any atom is 0.407 e. The number of rotatable bonds is 20. The molecule has 0 radical (unpaired) electrons. The first-order chi connectivity index (χ1) is 55.0. The van der Waals surface area contributed by atoms with E-state index in [4.69, 9.17) is 62.8 Å². The molecule has 6 aromatic rings. The number of fused-ring (bicyclic) bond motifs is 5. The van der Waals surface area contributed by atoms with Crippen LogP contribution in [0.1, 0.15) is 222 Å². The highest BCUT2D eigenvalue weighted by atomic mass is 32.1. The van der Waals surface area contributed by atoms with Gasteiger partial charge in [0, 0.05) is 43.2 Å². The molecule has 6 aromatic heterocycles. The quantitative estimate of drug-likeness (QED) is 0.0329. The number of ether oxygens (including phenoxy) is 8. The number of hydrogen-bond acceptors (Lipinski definition) is 27. The van der Waals surface area contributed by atoms with Crippen molar-refractivity contribution >= 4 is 84.6 Å². The van der Waals surface area contributed by atoms with Crippen LogP contribution in [0.5, 0.6) is 0 Å². The van der Waals surface area contributed by atoms with Gasteiger partial charge in [-0.3, -0.25) is 14.8 Å². The van der Waals surface area contributed by atoms with Gasteiger partial charge in [-0.25, -0.2) is 55.9 Å². The molecule has 118 heavy (non-hydrogen) atoms. The Labute approximate surface area is 691 Å². The molecule has 0 spiro atoms. The lowest BCUT2D eigenvalue weighted by atomic mass is 9.98. The number of nitrogens with zero attached hydrogens (tertiary/aromatic N) is 8. The minimum absolute atomic E-state index is 0.0554. The zero-order valence-corrected chi connectivity index (χ0v) is 71.9. The molecule has 2 amide bonds. The van der Waals surface area contributed by atoms with Gasteiger partial charge in [-0.2, -0.15) is 9.97 Å². The third-order valence-corrected chi connectivity index (χ3v) is 25.4. The molecule has 0 aromatic carbocycles. The summed E-state index contributed by atoms with van der Waals surface area (Å²) in [6, 6.07) is 1.91. The molecule has 27 nitrogen and oxygen atoms in total. The van der Waals surface area contributed by atoms with Gasteiger partial charge in [0.15, 0.2) is 17.4 Å². The summed E-state index contributed by atoms with van der Waals surface area (Å²) in [5, 5.41) is 41.3. The van der Waals surface area contributed by atoms with E-state index in [1.165, 1.54) is 37.0 Å². The second-order valence-corrected chi connectivity index (χ2v) is 39.6. The van der Waals surface area contributed by atoms with E-state index >= 15 is 0 Å². The highest BCUT2D eigenvalue weighted by molar-refractivity contribution is 7.22. The molecule has 11 fully saturated rings. The number of ketones is 1. The highest BCUT2D eigenvalue weighted by Gasteiger charge is 2.62. The van der Waals surface area contributed by atoms with Gasteiger partial charge in [0.05, 0.1) is 110 Å². The van der Waals surface area contributed by atoms with Gasteiger partial charge in [-0.05, 0) is 226 Å². The summed E-state index contributed by atoms with van der Waals surface area (Å²) in [5.74, 6) is -10.9. The molecule has 0 unspecified atom stereocenters. The summed E-state index contributed by atoms with van der Waals surface area (Å²) in [5.41, 5.74) is 5.59. The maximum atomic E-state index is 14.7. The molecule has 3 aliphatic heterocycles. The first kappa shape index (κ1) is 87.3. The standard InChI is InChI=1S/C28H34F2N6O2S.C25H30F2N6O2S.C15H25F2NO4.C15H25NO5/c1-13-19(25-35-21-18(39-25)9-10-31-20(21)15-7-8-15)24(36-26(33-13)32-12-14-5-6-14)34-17-11-16(28(4,29)30)22-23(17)38-27(2,3)37-22;1-11-17(23-32-19-16(36-23)7-8-28-18(19)13-5-6-13)22(33-24(30-11)29-10-12-3-4-12)31-15-9-14(25(2,26)27)20(34)21(15)35;1-13(2,3)22-12(19)18-9-7-8(15(6,16)17)10-11(9)21-14(4,5)20-10;1-8(17)9-7-10(16-13(18)21-14(2,3)4)12-11(9)19-15(5,6)20-12/h9-10,14-17,22-23H,5-8,11-12H2,1-4H3,(H2,32,33,34,36);7-8,12-15,20-21,34-35H,3-6,9-10H2,1-2H3,(H2,29,30,31,33);8-11H,7H2,1-6H3,(H,18,19);9-12H,7H2,1-6H3,(H,16,18)/t16-,17+,22+,23-;14-,15+,20+,21-;8-,9+,10+,11-;9-,10-,11-,12+/m0001/s1. The maximum absolute atomic E-state index is 14.7. The van der Waals surface area contributed by atoms with Crippen molar-refractivity contribution < 1.29 is 88.8 Å². The lowest BCUT2D eigenvalue weighted by molar-refractivity contribution is -0.174. The van der Waals surface area contributed by atoms with Gasteiger partial charge < -0.3 is 80.0 Å². The molecule has 17 rings (SSSR count). The Morgan fingerprint density at radius 3 is 1.23 bits per heavy atom. The smallest absolute Gasteiger partial charge is 0.407 e. The number of alkyl halides is 6. The van der Waals surface area contributed by atoms with E-state index in [0.29, 0.717) is 69.9 Å². The number of nitrogens with one attached hydrogen (secondary N) is 6. The molecule has 35 heteroatoms. The van der Waals surface area contributed by atoms with Crippen LogP contribution in [0.15, 0.2) is 24.5 Å². The fraction of sp³-hybridized carbons (Fsp3) is 0.723. The van der Waals surface area contributed by atoms with Crippen LogP contribution in [0.2, 0.25) is 0 Å². The summed E-state index contributed by atoms with van der Waals surface area (Å²) in [7, 11) is 0. The summed E-state index contributed by atoms with van der Waals surface area (Å²) < 4.78 is 133. The Balaban J connectivity index is 0.000000134. The number of aliphatic hydroxyl groups excluding tert-OH is 2. The van der Waals surface area contributed by atoms with Crippen molar-refractivity contribution in [1.82, 2.24) is 50.5 Å². The van der Waals surface area contributed by atoms with Crippen LogP contribution in [-0.2, 0) is 42.7 Å². The number of alkyl carbamates (subject to hydrolysis) is 2. The van der Waals surface area contributed by atoms with E-state index in [0.717, 1.165) is 108 Å². The molecular weight excluding hydrogens is 1580 g/mol. The number of amides is 2. The molecule has 0 bridgehead atoms. The molecule has 8 aliphatic carbocycles. The number of pyridine rings is 2. The number of aryl methyl sites for hydroxylation is 2. The molecule has 9 heterocycles. The number of Topliss-reactive ketones (excluding diaryl/α,β-unsaturated/α-hetero) is 1. The average molecular weight is 1690 g/mol. The van der Waals surface area contributed by atoms with Gasteiger partial charge >= 0.3 is 12.2 Å². The van der Waals surface area contributed by atoms with Crippen molar-refractivity contribution in [2.24, 2.45) is 35.5 Å². The van der Waals surface area contributed by atoms with Gasteiger partial charge in [-0.15, -0.1) is 22.7 Å². The number of thiazole rings is 2. The molecule has 8 saturated carbocycles. The summed E-state index contributed by atoms with van der Waals surface area (Å²) in [6.07, 6.45) is 6.46. The third-order valence-electron chi connectivity index (χ3n) is 23.3. The fourth-order valence-corrected chi connectivity index (χ4v) is 19.3. The van der Waals surface area contributed by atoms with Crippen LogP contribution in [0, 0.1) is 49.4 Å². The van der Waals surface area contributed by atoms with Gasteiger partial charge in [0.25, 0.3) is 17.8 Å². The van der Waals surface area contributed by atoms with E-state index in [1.54, 1.807) is 87.5 Å². The number of aromatic nitrogens is 8. The number of hydrogen-bond donors (Lipinski definition) is 8. The van der Waals surface area contributed by atoms with Crippen LogP contribution >= 0.6 is 22.7 Å². The van der Waals surface area contributed by atoms with Gasteiger partial charge in [-0.1, -0.05) is 0 Å². The number of halogens is 6. The number of aliphatic hydroxyl groups is 2. The third kappa shape index (κ3) is 20.5. The molecular formula is C83H114F6N14O13S2. The molecule has 648 valence electrons. The van der Waals surface area contributed by atoms with Crippen LogP contribution in [0.25, 0.3) is 41.6 Å². The summed E-state index contributed by atoms with van der Waals surface area (Å²) in [6.45, 7) is 30.8. The monoisotopic (exact) mass is 1690 g/mol. The Morgan fingerprint density at radius 2 is 0.847 bits per heavy atom. The number of carbonyl (C=O) groups excluding carboxylic acids is 3. The number of anilines is 4. The predicted octanol–water partition coefficient (Wildman–Crippen LogP) is 15.5. The highest BCUT2D eigenvalue weighted by Crippen LogP contribution is 2.53. The van der Waals surface area contributed by atoms with Crippen molar-refractivity contribution in [2.75, 3.05) is 34.4 Å². The van der Waals surface area contributed by atoms with Gasteiger partial charge in [0.1, 0.15) is 74.1 Å². The second-order valence-electron chi connectivity index (χ2n) is 37.6. The molecule has 16 atom stereocenters. The average Bonchev–Trinajstić information content (AvgIpc) is 1.59. The van der Waals surface area contributed by atoms with E-state index in [1.807, 2.05) is 52.2 Å². The molecule has 8 N–H and O–H groups in total. The van der Waals surface area contributed by atoms with Crippen LogP contribution in [-0.4, -0.2) is 200 Å². The van der Waals surface area contributed by atoms with Crippen molar-refractivity contribution in [1.29, 1.82) is 0 Å². The first-order valence-corrected chi connectivity index (χ1v) is 43.0. The van der Waals surface area contributed by atoms with E-state index < -0.39 is 131 Å². The van der Waals surface area contributed by atoms with Crippen molar-refractivity contribution in [3.05, 3.63) is 47.3 Å². The van der Waals surface area contributed by atoms with Crippen LogP contribution in [0.4, 0.5) is 59.5 Å². The second kappa shape index (κ2) is 32.6. The Kier molecular flexibility index (Phi) is 24.1. The largest absolute Gasteiger partial charge is 0.444 e. The van der Waals surface area contributed by atoms with E-state index in [-0.39, 0.29) is 49.2 Å². The first-order valence-electron chi connectivity index (χ1n) is 41.4. The topological polar surface area (TPSA) is 341 Å². The van der Waals surface area contributed by atoms with E-state index in [2.05, 4.69) is 46.9 Å². The fourth-order valence-electron chi connectivity index (χ4n) is 17.1. The Morgan fingerprint density at radius 1 is 0.483 bits per heavy atom. The van der Waals surface area contributed by atoms with Crippen molar-refractivity contribution in [3.63, 3.8) is 0 Å². The molecule has 11 aliphatic rings. The van der Waals surface area contributed by atoms with Gasteiger partial charge in [0.2, 0.25) is 11.9 Å². The lowest BCUT2D eigenvalue weighted by Gasteiger charge is -2.27. The zero-order valence-electron chi connectivity index (χ0n) is 70.3. The lowest BCUT2D eigenvalue weighted by Crippen LogP contribution is -2.45. The summed E-state index contributed by atoms with van der Waals surface area (Å²) >= 11 is 3.10. The summed E-state index contributed by atoms with van der Waals surface area (Å²) in [4.78, 5) is 73.8. The van der Waals surface area contributed by atoms with Crippen molar-refractivity contribution in [3.8, 4) is 21.1 Å². The van der Waals surface area contributed by atoms with Crippen LogP contribution in [0.3, 0.4) is 0 Å². The zero-order chi connectivity index (χ0) is 85.2. The number of carbonyl (C=O) groups is 3. The van der Waals surface area contributed by atoms with Crippen LogP contribution < -0.4 is 31.9 Å². The Bertz CT molecular complexity index is 4670. The SMILES string of the molecule is CC(=O)[C@H]1C[C@@H](NC(=O)OC(C)(C)C)[C@@H]2OC(C)(C)O[C@@H]21.CC(C)(C)OC(=O)N[C@@H]1C[C@H](C(C)(F)F)[C@H]2OC(C)(C)O[C@H]21.Cc1nc(NCC2CC2)nc(N[C@@H]2C[C@H](C(C)(F)F)[C@@H](O)[C@H]2O)c1-c1nc2c(C3CC3)nccc2s1.Cc1nc(NCC2CC2)nc(N[C@@H]2C[C@H](C(C)(F)F)[C@H]3OC(C)(C)O[C@H]32)c1-c1nc2c(C3CC3)nccc2s1. The van der Waals surface area contributed by atoms with Crippen molar-refractivity contribution in [2.45, 2.75) is 333 Å². The molecule has 3 saturated heterocycles. The minimum atomic E-state index is -3.11. The minimum Gasteiger partial charge on any atom is -0.444 e. The normalized spacial score (nSPS) is 29.9.